The number of piperidine rings is 1. The molecule has 0 spiro atoms. The van der Waals surface area contributed by atoms with Gasteiger partial charge in [0, 0.05) is 30.0 Å². The Balaban J connectivity index is 1.75. The molecule has 0 radical (unpaired) electrons. The fraction of sp³-hybridized carbons (Fsp3) is 0.312. The lowest BCUT2D eigenvalue weighted by Gasteiger charge is -2.32. The number of aromatic nitrogens is 1. The van der Waals surface area contributed by atoms with Crippen LogP contribution in [-0.2, 0) is 10.0 Å². The zero-order chi connectivity index (χ0) is 17.2. The highest BCUT2D eigenvalue weighted by atomic mass is 35.5. The van der Waals surface area contributed by atoms with Gasteiger partial charge in [-0.2, -0.15) is 4.31 Å². The molecule has 8 heteroatoms. The number of hydrogen-bond acceptors (Lipinski definition) is 4. The lowest BCUT2D eigenvalue weighted by molar-refractivity contribution is 0.130. The summed E-state index contributed by atoms with van der Waals surface area (Å²) < 4.78 is 32.8. The van der Waals surface area contributed by atoms with E-state index in [9.17, 15) is 8.42 Å². The summed E-state index contributed by atoms with van der Waals surface area (Å²) in [6, 6.07) is 7.85. The Hall–Kier alpha value is -1.34. The summed E-state index contributed by atoms with van der Waals surface area (Å²) in [6.45, 7) is 0.749. The van der Waals surface area contributed by atoms with Crippen LogP contribution in [0.15, 0.2) is 47.6 Å². The van der Waals surface area contributed by atoms with Crippen molar-refractivity contribution in [2.75, 3.05) is 13.1 Å². The van der Waals surface area contributed by atoms with Crippen molar-refractivity contribution in [2.24, 2.45) is 0 Å². The van der Waals surface area contributed by atoms with Gasteiger partial charge in [-0.3, -0.25) is 4.98 Å². The first-order valence-corrected chi connectivity index (χ1v) is 9.68. The molecule has 2 heterocycles. The molecule has 5 nitrogen and oxygen atoms in total. The molecule has 1 atom stereocenters. The maximum absolute atomic E-state index is 12.8. The van der Waals surface area contributed by atoms with Crippen LogP contribution in [-0.4, -0.2) is 36.9 Å². The van der Waals surface area contributed by atoms with Crippen LogP contribution >= 0.6 is 23.2 Å². The molecule has 128 valence electrons. The van der Waals surface area contributed by atoms with E-state index in [-0.39, 0.29) is 17.5 Å². The first kappa shape index (κ1) is 17.5. The Kier molecular flexibility index (Phi) is 5.30. The van der Waals surface area contributed by atoms with Crippen molar-refractivity contribution in [2.45, 2.75) is 23.8 Å². The smallest absolute Gasteiger partial charge is 0.243 e. The zero-order valence-electron chi connectivity index (χ0n) is 12.7. The number of hydrogen-bond donors (Lipinski definition) is 0. The highest BCUT2D eigenvalue weighted by molar-refractivity contribution is 7.89. The van der Waals surface area contributed by atoms with Crippen LogP contribution in [0.4, 0.5) is 0 Å². The summed E-state index contributed by atoms with van der Waals surface area (Å²) in [7, 11) is -3.56. The molecule has 24 heavy (non-hydrogen) atoms. The fourth-order valence-electron chi connectivity index (χ4n) is 2.61. The van der Waals surface area contributed by atoms with Gasteiger partial charge in [0.1, 0.15) is 16.9 Å². The third-order valence-electron chi connectivity index (χ3n) is 3.82. The first-order chi connectivity index (χ1) is 11.5. The summed E-state index contributed by atoms with van der Waals surface area (Å²) in [4.78, 5) is 4.14. The quantitative estimate of drug-likeness (QED) is 0.804. The Morgan fingerprint density at radius 2 is 1.92 bits per heavy atom. The van der Waals surface area contributed by atoms with E-state index >= 15 is 0 Å². The Labute approximate surface area is 151 Å². The van der Waals surface area contributed by atoms with E-state index in [1.807, 2.05) is 0 Å². The molecule has 0 aliphatic carbocycles. The fourth-order valence-corrected chi connectivity index (χ4v) is 4.41. The molecule has 1 saturated heterocycles. The highest BCUT2D eigenvalue weighted by Gasteiger charge is 2.31. The third kappa shape index (κ3) is 3.83. The van der Waals surface area contributed by atoms with Crippen LogP contribution in [0.1, 0.15) is 12.8 Å². The number of rotatable bonds is 4. The molecular formula is C16H16Cl2N2O3S. The van der Waals surface area contributed by atoms with Gasteiger partial charge in [0.25, 0.3) is 0 Å². The van der Waals surface area contributed by atoms with Crippen molar-refractivity contribution < 1.29 is 13.2 Å². The molecule has 1 aromatic heterocycles. The van der Waals surface area contributed by atoms with Gasteiger partial charge in [0.2, 0.25) is 10.0 Å². The lowest BCUT2D eigenvalue weighted by Crippen LogP contribution is -2.44. The van der Waals surface area contributed by atoms with Crippen molar-refractivity contribution in [3.05, 3.63) is 52.8 Å². The second kappa shape index (κ2) is 7.27. The predicted octanol–water partition coefficient (Wildman–Crippen LogP) is 3.62. The minimum atomic E-state index is -3.56. The van der Waals surface area contributed by atoms with Crippen molar-refractivity contribution in [1.29, 1.82) is 0 Å². The maximum atomic E-state index is 12.8. The normalized spacial score (nSPS) is 19.2. The molecule has 1 fully saturated rings. The molecule has 1 aromatic carbocycles. The minimum Gasteiger partial charge on any atom is -0.487 e. The van der Waals surface area contributed by atoms with Gasteiger partial charge in [-0.1, -0.05) is 23.2 Å². The van der Waals surface area contributed by atoms with Crippen LogP contribution < -0.4 is 4.74 Å². The Bertz CT molecular complexity index is 812. The largest absolute Gasteiger partial charge is 0.487 e. The molecular weight excluding hydrogens is 371 g/mol. The van der Waals surface area contributed by atoms with Crippen molar-refractivity contribution in [1.82, 2.24) is 9.29 Å². The topological polar surface area (TPSA) is 59.5 Å². The van der Waals surface area contributed by atoms with Gasteiger partial charge in [-0.15, -0.1) is 0 Å². The SMILES string of the molecule is O=S(=O)(c1ccc(Cl)cc1)N1CCCC(Oc2ccncc2Cl)C1. The summed E-state index contributed by atoms with van der Waals surface area (Å²) in [5.41, 5.74) is 0. The second-order valence-electron chi connectivity index (χ2n) is 5.51. The molecule has 1 unspecified atom stereocenters. The molecule has 0 amide bonds. The van der Waals surface area contributed by atoms with Crippen molar-refractivity contribution >= 4 is 33.2 Å². The molecule has 1 aliphatic heterocycles. The third-order valence-corrected chi connectivity index (χ3v) is 6.24. The summed E-state index contributed by atoms with van der Waals surface area (Å²) >= 11 is 11.9. The van der Waals surface area contributed by atoms with E-state index < -0.39 is 10.0 Å². The molecule has 2 aromatic rings. The number of pyridine rings is 1. The van der Waals surface area contributed by atoms with E-state index in [4.69, 9.17) is 27.9 Å². The van der Waals surface area contributed by atoms with E-state index in [1.165, 1.54) is 22.6 Å². The number of ether oxygens (including phenoxy) is 1. The molecule has 3 rings (SSSR count). The van der Waals surface area contributed by atoms with Crippen molar-refractivity contribution in [3.8, 4) is 5.75 Å². The van der Waals surface area contributed by atoms with Gasteiger partial charge >= 0.3 is 0 Å². The summed E-state index contributed by atoms with van der Waals surface area (Å²) in [6.07, 6.45) is 4.33. The van der Waals surface area contributed by atoms with Gasteiger partial charge in [-0.05, 0) is 37.1 Å². The second-order valence-corrected chi connectivity index (χ2v) is 8.29. The van der Waals surface area contributed by atoms with Gasteiger partial charge < -0.3 is 4.74 Å². The van der Waals surface area contributed by atoms with Crippen LogP contribution in [0.25, 0.3) is 0 Å². The lowest BCUT2D eigenvalue weighted by atomic mass is 10.1. The average Bonchev–Trinajstić information content (AvgIpc) is 2.58. The Morgan fingerprint density at radius 3 is 2.62 bits per heavy atom. The van der Waals surface area contributed by atoms with Gasteiger partial charge in [0.15, 0.2) is 0 Å². The molecule has 0 saturated carbocycles. The number of halogens is 2. The van der Waals surface area contributed by atoms with Crippen LogP contribution in [0.2, 0.25) is 10.0 Å². The average molecular weight is 387 g/mol. The summed E-state index contributed by atoms with van der Waals surface area (Å²) in [5.74, 6) is 0.516. The number of nitrogens with zero attached hydrogens (tertiary/aromatic N) is 2. The zero-order valence-corrected chi connectivity index (χ0v) is 15.1. The van der Waals surface area contributed by atoms with Crippen LogP contribution in [0.3, 0.4) is 0 Å². The van der Waals surface area contributed by atoms with Crippen molar-refractivity contribution in [3.63, 3.8) is 0 Å². The first-order valence-electron chi connectivity index (χ1n) is 7.49. The minimum absolute atomic E-state index is 0.231. The summed E-state index contributed by atoms with van der Waals surface area (Å²) in [5, 5.41) is 0.913. The maximum Gasteiger partial charge on any atom is 0.243 e. The Morgan fingerprint density at radius 1 is 1.17 bits per heavy atom. The van der Waals surface area contributed by atoms with E-state index in [0.29, 0.717) is 22.3 Å². The number of sulfonamides is 1. The van der Waals surface area contributed by atoms with Crippen LogP contribution in [0, 0.1) is 0 Å². The molecule has 0 N–H and O–H groups in total. The van der Waals surface area contributed by atoms with E-state index in [0.717, 1.165) is 12.8 Å². The van der Waals surface area contributed by atoms with E-state index in [2.05, 4.69) is 4.98 Å². The molecule has 1 aliphatic rings. The predicted molar refractivity (Wildman–Crippen MR) is 93.1 cm³/mol. The monoisotopic (exact) mass is 386 g/mol. The highest BCUT2D eigenvalue weighted by Crippen LogP contribution is 2.27. The molecule has 0 bridgehead atoms. The van der Waals surface area contributed by atoms with Gasteiger partial charge in [0.05, 0.1) is 11.4 Å². The number of benzene rings is 1. The van der Waals surface area contributed by atoms with Gasteiger partial charge in [-0.25, -0.2) is 8.42 Å². The van der Waals surface area contributed by atoms with Crippen LogP contribution in [0.5, 0.6) is 5.75 Å². The standard InChI is InChI=1S/C16H16Cl2N2O3S/c17-12-3-5-14(6-4-12)24(21,22)20-9-1-2-13(11-20)23-16-7-8-19-10-15(16)18/h3-8,10,13H,1-2,9,11H2. The van der Waals surface area contributed by atoms with E-state index in [1.54, 1.807) is 24.4 Å².